The van der Waals surface area contributed by atoms with E-state index < -0.39 is 0 Å². The van der Waals surface area contributed by atoms with Crippen molar-refractivity contribution >= 4 is 0 Å². The van der Waals surface area contributed by atoms with Crippen LogP contribution in [-0.4, -0.2) is 37.1 Å². The van der Waals surface area contributed by atoms with Crippen LogP contribution in [0.15, 0.2) is 24.3 Å². The molecule has 0 spiro atoms. The van der Waals surface area contributed by atoms with E-state index in [4.69, 9.17) is 0 Å². The Labute approximate surface area is 110 Å². The van der Waals surface area contributed by atoms with E-state index in [0.29, 0.717) is 0 Å². The van der Waals surface area contributed by atoms with Crippen molar-refractivity contribution < 1.29 is 0 Å². The minimum atomic E-state index is 0.776. The summed E-state index contributed by atoms with van der Waals surface area (Å²) >= 11 is 0. The zero-order valence-electron chi connectivity index (χ0n) is 11.4. The normalized spacial score (nSPS) is 26.1. The molecule has 1 aromatic carbocycles. The van der Waals surface area contributed by atoms with E-state index in [2.05, 4.69) is 41.4 Å². The molecule has 1 saturated heterocycles. The van der Waals surface area contributed by atoms with Gasteiger partial charge in [-0.2, -0.15) is 0 Å². The van der Waals surface area contributed by atoms with Crippen molar-refractivity contribution in [3.8, 4) is 0 Å². The maximum Gasteiger partial charge on any atom is 0.0232 e. The Bertz CT molecular complexity index is 396. The molecule has 18 heavy (non-hydrogen) atoms. The molecule has 0 saturated carbocycles. The third-order valence-electron chi connectivity index (χ3n) is 4.48. The lowest BCUT2D eigenvalue weighted by Crippen LogP contribution is -2.42. The summed E-state index contributed by atoms with van der Waals surface area (Å²) in [6.07, 6.45) is 3.88. The summed E-state index contributed by atoms with van der Waals surface area (Å²) in [6.45, 7) is 7.20. The van der Waals surface area contributed by atoms with Crippen molar-refractivity contribution in [1.82, 2.24) is 10.2 Å². The molecule has 3 rings (SSSR count). The van der Waals surface area contributed by atoms with Crippen LogP contribution in [0.3, 0.4) is 0 Å². The molecule has 0 radical (unpaired) electrons. The number of hydrogen-bond donors (Lipinski definition) is 1. The number of benzene rings is 1. The predicted octanol–water partition coefficient (Wildman–Crippen LogP) is 2.40. The Morgan fingerprint density at radius 2 is 2.22 bits per heavy atom. The van der Waals surface area contributed by atoms with Gasteiger partial charge in [-0.1, -0.05) is 31.2 Å². The van der Waals surface area contributed by atoms with Crippen LogP contribution in [0.2, 0.25) is 0 Å². The molecule has 2 aliphatic rings. The molecule has 0 amide bonds. The second kappa shape index (κ2) is 5.41. The van der Waals surface area contributed by atoms with Crippen LogP contribution < -0.4 is 5.32 Å². The number of nitrogens with zero attached hydrogens (tertiary/aromatic N) is 1. The van der Waals surface area contributed by atoms with Gasteiger partial charge in [0.05, 0.1) is 0 Å². The van der Waals surface area contributed by atoms with Crippen molar-refractivity contribution in [2.75, 3.05) is 26.2 Å². The highest BCUT2D eigenvalue weighted by Crippen LogP contribution is 2.35. The summed E-state index contributed by atoms with van der Waals surface area (Å²) in [4.78, 5) is 2.72. The molecule has 1 aliphatic heterocycles. The van der Waals surface area contributed by atoms with E-state index in [1.807, 2.05) is 0 Å². The average molecular weight is 244 g/mol. The topological polar surface area (TPSA) is 15.3 Å². The van der Waals surface area contributed by atoms with Gasteiger partial charge in [-0.25, -0.2) is 0 Å². The third kappa shape index (κ3) is 2.32. The highest BCUT2D eigenvalue weighted by atomic mass is 15.2. The maximum atomic E-state index is 3.50. The lowest BCUT2D eigenvalue weighted by atomic mass is 9.77. The van der Waals surface area contributed by atoms with Gasteiger partial charge in [-0.3, -0.25) is 4.90 Å². The van der Waals surface area contributed by atoms with Gasteiger partial charge in [0.15, 0.2) is 0 Å². The molecule has 0 bridgehead atoms. The first kappa shape index (κ1) is 12.2. The quantitative estimate of drug-likeness (QED) is 0.855. The molecule has 1 N–H and O–H groups in total. The van der Waals surface area contributed by atoms with Gasteiger partial charge < -0.3 is 5.32 Å². The highest BCUT2D eigenvalue weighted by Gasteiger charge is 2.30. The fraction of sp³-hybridized carbons (Fsp3) is 0.625. The van der Waals surface area contributed by atoms with Crippen LogP contribution in [0.4, 0.5) is 0 Å². The standard InChI is InChI=1S/C16H24N2/c1-2-9-18(15-7-8-17-11-15)12-14-10-13-5-3-4-6-16(13)14/h3-6,14-15,17H,2,7-12H2,1H3. The van der Waals surface area contributed by atoms with E-state index in [1.165, 1.54) is 45.4 Å². The number of hydrogen-bond acceptors (Lipinski definition) is 2. The molecule has 1 heterocycles. The highest BCUT2D eigenvalue weighted by molar-refractivity contribution is 5.40. The Hall–Kier alpha value is -0.860. The SMILES string of the molecule is CCCN(CC1Cc2ccccc21)C1CCNC1. The van der Waals surface area contributed by atoms with Gasteiger partial charge in [-0.15, -0.1) is 0 Å². The Kier molecular flexibility index (Phi) is 3.67. The van der Waals surface area contributed by atoms with Crippen LogP contribution >= 0.6 is 0 Å². The first-order valence-corrected chi connectivity index (χ1v) is 7.41. The van der Waals surface area contributed by atoms with Crippen molar-refractivity contribution in [2.24, 2.45) is 0 Å². The van der Waals surface area contributed by atoms with E-state index in [-0.39, 0.29) is 0 Å². The molecule has 1 aromatic rings. The average Bonchev–Trinajstić information content (AvgIpc) is 2.88. The summed E-state index contributed by atoms with van der Waals surface area (Å²) in [5, 5.41) is 3.50. The van der Waals surface area contributed by atoms with Crippen molar-refractivity contribution in [3.05, 3.63) is 35.4 Å². The van der Waals surface area contributed by atoms with E-state index in [0.717, 1.165) is 12.0 Å². The summed E-state index contributed by atoms with van der Waals surface area (Å²) in [5.74, 6) is 0.786. The zero-order valence-corrected chi connectivity index (χ0v) is 11.4. The Balaban J connectivity index is 1.63. The summed E-state index contributed by atoms with van der Waals surface area (Å²) in [7, 11) is 0. The largest absolute Gasteiger partial charge is 0.315 e. The molecule has 98 valence electrons. The third-order valence-corrected chi connectivity index (χ3v) is 4.48. The van der Waals surface area contributed by atoms with Crippen molar-refractivity contribution in [2.45, 2.75) is 38.1 Å². The lowest BCUT2D eigenvalue weighted by molar-refractivity contribution is 0.189. The minimum Gasteiger partial charge on any atom is -0.315 e. The van der Waals surface area contributed by atoms with Gasteiger partial charge in [-0.05, 0) is 43.5 Å². The minimum absolute atomic E-state index is 0.776. The van der Waals surface area contributed by atoms with Crippen LogP contribution in [0, 0.1) is 0 Å². The van der Waals surface area contributed by atoms with E-state index in [9.17, 15) is 0 Å². The van der Waals surface area contributed by atoms with E-state index in [1.54, 1.807) is 11.1 Å². The first-order chi connectivity index (χ1) is 8.88. The van der Waals surface area contributed by atoms with Gasteiger partial charge in [0.2, 0.25) is 0 Å². The molecule has 2 nitrogen and oxygen atoms in total. The van der Waals surface area contributed by atoms with Crippen LogP contribution in [0.5, 0.6) is 0 Å². The fourth-order valence-corrected chi connectivity index (χ4v) is 3.47. The molecule has 1 aliphatic carbocycles. The first-order valence-electron chi connectivity index (χ1n) is 7.41. The number of fused-ring (bicyclic) bond motifs is 1. The monoisotopic (exact) mass is 244 g/mol. The van der Waals surface area contributed by atoms with Gasteiger partial charge in [0, 0.05) is 25.0 Å². The molecule has 2 atom stereocenters. The lowest BCUT2D eigenvalue weighted by Gasteiger charge is -2.37. The van der Waals surface area contributed by atoms with E-state index >= 15 is 0 Å². The maximum absolute atomic E-state index is 3.50. The molecular weight excluding hydrogens is 220 g/mol. The molecule has 2 heteroatoms. The predicted molar refractivity (Wildman–Crippen MR) is 76.0 cm³/mol. The van der Waals surface area contributed by atoms with Crippen LogP contribution in [0.1, 0.15) is 36.8 Å². The molecular formula is C16H24N2. The molecule has 1 fully saturated rings. The Morgan fingerprint density at radius 3 is 2.94 bits per heavy atom. The summed E-state index contributed by atoms with van der Waals surface area (Å²) in [5.41, 5.74) is 3.17. The van der Waals surface area contributed by atoms with Crippen molar-refractivity contribution in [1.29, 1.82) is 0 Å². The fourth-order valence-electron chi connectivity index (χ4n) is 3.47. The Morgan fingerprint density at radius 1 is 1.33 bits per heavy atom. The molecule has 2 unspecified atom stereocenters. The smallest absolute Gasteiger partial charge is 0.0232 e. The van der Waals surface area contributed by atoms with Gasteiger partial charge in [0.25, 0.3) is 0 Å². The zero-order chi connectivity index (χ0) is 12.4. The van der Waals surface area contributed by atoms with Crippen molar-refractivity contribution in [3.63, 3.8) is 0 Å². The van der Waals surface area contributed by atoms with Crippen LogP contribution in [-0.2, 0) is 6.42 Å². The van der Waals surface area contributed by atoms with Gasteiger partial charge in [0.1, 0.15) is 0 Å². The number of rotatable bonds is 5. The van der Waals surface area contributed by atoms with Crippen LogP contribution in [0.25, 0.3) is 0 Å². The summed E-state index contributed by atoms with van der Waals surface area (Å²) in [6, 6.07) is 9.73. The molecule has 0 aromatic heterocycles. The summed E-state index contributed by atoms with van der Waals surface area (Å²) < 4.78 is 0. The second-order valence-corrected chi connectivity index (χ2v) is 5.74. The number of nitrogens with one attached hydrogen (secondary N) is 1. The second-order valence-electron chi connectivity index (χ2n) is 5.74. The van der Waals surface area contributed by atoms with Gasteiger partial charge >= 0.3 is 0 Å².